The first-order valence-corrected chi connectivity index (χ1v) is 8.62. The Kier molecular flexibility index (Phi) is 6.21. The van der Waals surface area contributed by atoms with Crippen molar-refractivity contribution in [3.63, 3.8) is 0 Å². The van der Waals surface area contributed by atoms with Crippen molar-refractivity contribution in [2.75, 3.05) is 20.8 Å². The number of ether oxygens (including phenoxy) is 2. The summed E-state index contributed by atoms with van der Waals surface area (Å²) in [6, 6.07) is 6.67. The van der Waals surface area contributed by atoms with E-state index >= 15 is 0 Å². The molecule has 3 atom stereocenters. The zero-order valence-corrected chi connectivity index (χ0v) is 15.6. The minimum absolute atomic E-state index is 0.273. The maximum atomic E-state index is 11.5. The predicted molar refractivity (Wildman–Crippen MR) is 96.9 cm³/mol. The highest BCUT2D eigenvalue weighted by Gasteiger charge is 2.42. The number of aliphatic hydroxyl groups is 1. The monoisotopic (exact) mass is 333 g/mol. The van der Waals surface area contributed by atoms with E-state index in [1.54, 1.807) is 14.2 Å². The number of methoxy groups -OCH3 is 2. The third kappa shape index (κ3) is 3.72. The average molecular weight is 333 g/mol. The molecule has 0 saturated carbocycles. The van der Waals surface area contributed by atoms with Gasteiger partial charge in [0.25, 0.3) is 0 Å². The molecule has 24 heavy (non-hydrogen) atoms. The lowest BCUT2D eigenvalue weighted by molar-refractivity contribution is -0.112. The molecule has 1 aliphatic heterocycles. The van der Waals surface area contributed by atoms with Crippen molar-refractivity contribution >= 4 is 0 Å². The highest BCUT2D eigenvalue weighted by Crippen LogP contribution is 2.42. The first-order chi connectivity index (χ1) is 11.4. The SMILES string of the molecule is C=CCN1[C@H](C)CC(O)(c2ccc(C)cc2C(OC)OC)C[C@@H]1C. The molecule has 2 rings (SSSR count). The van der Waals surface area contributed by atoms with Gasteiger partial charge in [-0.25, -0.2) is 0 Å². The molecule has 0 aliphatic carbocycles. The largest absolute Gasteiger partial charge is 0.385 e. The Morgan fingerprint density at radius 2 is 1.88 bits per heavy atom. The Bertz CT molecular complexity index is 556. The third-order valence-electron chi connectivity index (χ3n) is 5.13. The standard InChI is InChI=1S/C20H31NO3/c1-7-10-21-15(3)12-20(22,13-16(21)4)18-9-8-14(2)11-17(18)19(23-5)24-6/h7-9,11,15-16,19,22H,1,10,12-13H2,2-6H3/t15-,16+,20?. The quantitative estimate of drug-likeness (QED) is 0.639. The van der Waals surface area contributed by atoms with Gasteiger partial charge in [-0.15, -0.1) is 6.58 Å². The highest BCUT2D eigenvalue weighted by atomic mass is 16.7. The summed E-state index contributed by atoms with van der Waals surface area (Å²) in [5, 5.41) is 11.5. The summed E-state index contributed by atoms with van der Waals surface area (Å²) in [6.07, 6.45) is 2.82. The van der Waals surface area contributed by atoms with E-state index in [1.807, 2.05) is 25.1 Å². The van der Waals surface area contributed by atoms with E-state index < -0.39 is 11.9 Å². The molecule has 0 amide bonds. The number of likely N-dealkylation sites (tertiary alicyclic amines) is 1. The Balaban J connectivity index is 2.42. The Morgan fingerprint density at radius 3 is 2.38 bits per heavy atom. The zero-order valence-electron chi connectivity index (χ0n) is 15.6. The molecule has 0 bridgehead atoms. The van der Waals surface area contributed by atoms with Gasteiger partial charge in [0.1, 0.15) is 0 Å². The number of nitrogens with zero attached hydrogens (tertiary/aromatic N) is 1. The lowest BCUT2D eigenvalue weighted by Crippen LogP contribution is -2.52. The van der Waals surface area contributed by atoms with Crippen LogP contribution >= 0.6 is 0 Å². The van der Waals surface area contributed by atoms with E-state index in [4.69, 9.17) is 9.47 Å². The van der Waals surface area contributed by atoms with Gasteiger partial charge in [0, 0.05) is 38.4 Å². The molecule has 1 fully saturated rings. The van der Waals surface area contributed by atoms with Crippen molar-refractivity contribution in [2.24, 2.45) is 0 Å². The van der Waals surface area contributed by atoms with Crippen molar-refractivity contribution in [1.29, 1.82) is 0 Å². The number of benzene rings is 1. The van der Waals surface area contributed by atoms with Crippen LogP contribution in [0, 0.1) is 6.92 Å². The van der Waals surface area contributed by atoms with E-state index in [0.29, 0.717) is 12.8 Å². The molecular weight excluding hydrogens is 302 g/mol. The van der Waals surface area contributed by atoms with Gasteiger partial charge in [-0.1, -0.05) is 29.8 Å². The van der Waals surface area contributed by atoms with Crippen LogP contribution in [0.25, 0.3) is 0 Å². The summed E-state index contributed by atoms with van der Waals surface area (Å²) >= 11 is 0. The summed E-state index contributed by atoms with van der Waals surface area (Å²) in [5.41, 5.74) is 2.08. The summed E-state index contributed by atoms with van der Waals surface area (Å²) < 4.78 is 10.9. The summed E-state index contributed by atoms with van der Waals surface area (Å²) in [7, 11) is 3.25. The first-order valence-electron chi connectivity index (χ1n) is 8.62. The van der Waals surface area contributed by atoms with Crippen LogP contribution in [-0.4, -0.2) is 42.9 Å². The smallest absolute Gasteiger partial charge is 0.183 e. The van der Waals surface area contributed by atoms with E-state index in [9.17, 15) is 5.11 Å². The molecule has 1 unspecified atom stereocenters. The van der Waals surface area contributed by atoms with Gasteiger partial charge >= 0.3 is 0 Å². The van der Waals surface area contributed by atoms with E-state index in [1.165, 1.54) is 0 Å². The Morgan fingerprint density at radius 1 is 1.29 bits per heavy atom. The fourth-order valence-electron chi connectivity index (χ4n) is 4.11. The topological polar surface area (TPSA) is 41.9 Å². The molecule has 1 aliphatic rings. The van der Waals surface area contributed by atoms with Crippen molar-refractivity contribution in [1.82, 2.24) is 4.90 Å². The van der Waals surface area contributed by atoms with Crippen LogP contribution in [0.4, 0.5) is 0 Å². The predicted octanol–water partition coefficient (Wildman–Crippen LogP) is 3.53. The molecule has 1 aromatic rings. The van der Waals surface area contributed by atoms with Crippen molar-refractivity contribution < 1.29 is 14.6 Å². The van der Waals surface area contributed by atoms with Gasteiger partial charge in [0.05, 0.1) is 5.60 Å². The number of rotatable bonds is 6. The normalized spacial score (nSPS) is 28.3. The average Bonchev–Trinajstić information content (AvgIpc) is 2.52. The minimum atomic E-state index is -0.880. The molecule has 1 heterocycles. The van der Waals surface area contributed by atoms with E-state index in [2.05, 4.69) is 31.4 Å². The molecule has 0 spiro atoms. The van der Waals surface area contributed by atoms with Crippen molar-refractivity contribution in [3.05, 3.63) is 47.5 Å². The second-order valence-corrected chi connectivity index (χ2v) is 7.02. The number of aryl methyl sites for hydroxylation is 1. The molecular formula is C20H31NO3. The lowest BCUT2D eigenvalue weighted by atomic mass is 9.76. The van der Waals surface area contributed by atoms with Crippen LogP contribution in [0.2, 0.25) is 0 Å². The van der Waals surface area contributed by atoms with Crippen LogP contribution in [0.5, 0.6) is 0 Å². The lowest BCUT2D eigenvalue weighted by Gasteiger charge is -2.47. The van der Waals surface area contributed by atoms with Crippen molar-refractivity contribution in [3.8, 4) is 0 Å². The van der Waals surface area contributed by atoms with Gasteiger partial charge in [-0.2, -0.15) is 0 Å². The molecule has 4 nitrogen and oxygen atoms in total. The molecule has 0 aromatic heterocycles. The van der Waals surface area contributed by atoms with Gasteiger partial charge in [-0.3, -0.25) is 4.90 Å². The Hall–Kier alpha value is -1.20. The number of hydrogen-bond donors (Lipinski definition) is 1. The van der Waals surface area contributed by atoms with Crippen LogP contribution < -0.4 is 0 Å². The van der Waals surface area contributed by atoms with Gasteiger partial charge < -0.3 is 14.6 Å². The summed E-state index contributed by atoms with van der Waals surface area (Å²) in [5.74, 6) is 0. The molecule has 1 saturated heterocycles. The second kappa shape index (κ2) is 7.79. The van der Waals surface area contributed by atoms with Crippen LogP contribution in [0.3, 0.4) is 0 Å². The maximum Gasteiger partial charge on any atom is 0.183 e. The Labute approximate surface area is 146 Å². The van der Waals surface area contributed by atoms with Gasteiger partial charge in [0.2, 0.25) is 0 Å². The van der Waals surface area contributed by atoms with Gasteiger partial charge in [0.15, 0.2) is 6.29 Å². The van der Waals surface area contributed by atoms with E-state index in [-0.39, 0.29) is 12.1 Å². The molecule has 1 aromatic carbocycles. The molecule has 4 heteroatoms. The second-order valence-electron chi connectivity index (χ2n) is 7.02. The highest BCUT2D eigenvalue weighted by molar-refractivity contribution is 5.37. The number of piperidine rings is 1. The molecule has 134 valence electrons. The van der Waals surface area contributed by atoms with Gasteiger partial charge in [-0.05, 0) is 39.2 Å². The van der Waals surface area contributed by atoms with Crippen LogP contribution in [0.1, 0.15) is 49.7 Å². The fraction of sp³-hybridized carbons (Fsp3) is 0.600. The third-order valence-corrected chi connectivity index (χ3v) is 5.13. The maximum absolute atomic E-state index is 11.5. The number of hydrogen-bond acceptors (Lipinski definition) is 4. The van der Waals surface area contributed by atoms with Crippen LogP contribution in [-0.2, 0) is 15.1 Å². The van der Waals surface area contributed by atoms with Crippen molar-refractivity contribution in [2.45, 2.75) is 57.6 Å². The van der Waals surface area contributed by atoms with E-state index in [0.717, 1.165) is 23.2 Å². The first kappa shape index (κ1) is 19.1. The molecule has 1 N–H and O–H groups in total. The summed E-state index contributed by atoms with van der Waals surface area (Å²) in [4.78, 5) is 2.39. The summed E-state index contributed by atoms with van der Waals surface area (Å²) in [6.45, 7) is 11.1. The molecule has 0 radical (unpaired) electrons. The zero-order chi connectivity index (χ0) is 17.9. The van der Waals surface area contributed by atoms with Crippen LogP contribution in [0.15, 0.2) is 30.9 Å². The minimum Gasteiger partial charge on any atom is -0.385 e. The fourth-order valence-corrected chi connectivity index (χ4v) is 4.11.